The van der Waals surface area contributed by atoms with Crippen LogP contribution in [-0.4, -0.2) is 15.1 Å². The molecule has 0 amide bonds. The van der Waals surface area contributed by atoms with Gasteiger partial charge in [0.05, 0.1) is 0 Å². The summed E-state index contributed by atoms with van der Waals surface area (Å²) < 4.78 is 0. The maximum atomic E-state index is 10.9. The lowest BCUT2D eigenvalue weighted by molar-refractivity contribution is 0.108. The lowest BCUT2D eigenvalue weighted by Crippen LogP contribution is -1.94. The standard InChI is InChI=1S/C8H12N2OS/c1-3-5-7(8(11)12)10-6(4-2)9-5/h3-4H2,1-2H3,(H,9,10)(H,11,12). The molecule has 0 saturated carbocycles. The molecular weight excluding hydrogens is 172 g/mol. The molecule has 0 aliphatic carbocycles. The molecule has 0 atom stereocenters. The zero-order valence-electron chi connectivity index (χ0n) is 7.22. The van der Waals surface area contributed by atoms with Crippen LogP contribution < -0.4 is 0 Å². The van der Waals surface area contributed by atoms with Crippen molar-refractivity contribution in [3.05, 3.63) is 17.2 Å². The van der Waals surface area contributed by atoms with Crippen LogP contribution in [0.3, 0.4) is 0 Å². The van der Waals surface area contributed by atoms with E-state index in [9.17, 15) is 4.79 Å². The third kappa shape index (κ3) is 1.69. The first-order valence-electron chi connectivity index (χ1n) is 4.00. The SMILES string of the molecule is CCc1nc(C(=O)S)c(CC)[nH]1. The minimum Gasteiger partial charge on any atom is -0.345 e. The fraction of sp³-hybridized carbons (Fsp3) is 0.500. The third-order valence-electron chi connectivity index (χ3n) is 1.72. The number of thiol groups is 1. The van der Waals surface area contributed by atoms with Gasteiger partial charge in [-0.15, -0.1) is 0 Å². The van der Waals surface area contributed by atoms with E-state index in [1.165, 1.54) is 0 Å². The maximum absolute atomic E-state index is 10.9. The summed E-state index contributed by atoms with van der Waals surface area (Å²) >= 11 is 3.74. The van der Waals surface area contributed by atoms with E-state index in [4.69, 9.17) is 0 Å². The Labute approximate surface area is 77.0 Å². The number of aromatic amines is 1. The molecule has 66 valence electrons. The lowest BCUT2D eigenvalue weighted by Gasteiger charge is -1.90. The molecule has 1 rings (SSSR count). The van der Waals surface area contributed by atoms with E-state index >= 15 is 0 Å². The number of H-pyrrole nitrogens is 1. The van der Waals surface area contributed by atoms with Crippen molar-refractivity contribution in [2.75, 3.05) is 0 Å². The second-order valence-electron chi connectivity index (χ2n) is 2.52. The highest BCUT2D eigenvalue weighted by molar-refractivity contribution is 7.97. The van der Waals surface area contributed by atoms with Crippen molar-refractivity contribution >= 4 is 17.7 Å². The molecule has 0 aliphatic rings. The molecule has 1 N–H and O–H groups in total. The molecule has 0 aromatic carbocycles. The Morgan fingerprint density at radius 2 is 2.17 bits per heavy atom. The Morgan fingerprint density at radius 1 is 1.50 bits per heavy atom. The molecule has 0 fully saturated rings. The van der Waals surface area contributed by atoms with Crippen LogP contribution in [0.25, 0.3) is 0 Å². The van der Waals surface area contributed by atoms with Gasteiger partial charge in [-0.2, -0.15) is 0 Å². The minimum atomic E-state index is -0.261. The van der Waals surface area contributed by atoms with Gasteiger partial charge in [0.1, 0.15) is 11.5 Å². The number of hydrogen-bond donors (Lipinski definition) is 2. The number of nitrogens with zero attached hydrogens (tertiary/aromatic N) is 1. The molecule has 1 aromatic heterocycles. The lowest BCUT2D eigenvalue weighted by atomic mass is 10.3. The second-order valence-corrected chi connectivity index (χ2v) is 2.93. The Balaban J connectivity index is 3.08. The summed E-state index contributed by atoms with van der Waals surface area (Å²) in [7, 11) is 0. The number of aromatic nitrogens is 2. The van der Waals surface area contributed by atoms with E-state index in [-0.39, 0.29) is 5.12 Å². The molecule has 0 bridgehead atoms. The molecular formula is C8H12N2OS. The highest BCUT2D eigenvalue weighted by Gasteiger charge is 2.11. The molecule has 1 aromatic rings. The predicted molar refractivity (Wildman–Crippen MR) is 50.7 cm³/mol. The van der Waals surface area contributed by atoms with Gasteiger partial charge in [0.15, 0.2) is 0 Å². The summed E-state index contributed by atoms with van der Waals surface area (Å²) in [5.41, 5.74) is 1.35. The van der Waals surface area contributed by atoms with Crippen molar-refractivity contribution in [2.45, 2.75) is 26.7 Å². The highest BCUT2D eigenvalue weighted by atomic mass is 32.1. The van der Waals surface area contributed by atoms with E-state index in [1.807, 2.05) is 13.8 Å². The predicted octanol–water partition coefficient (Wildman–Crippen LogP) is 1.60. The maximum Gasteiger partial charge on any atom is 0.236 e. The topological polar surface area (TPSA) is 45.8 Å². The van der Waals surface area contributed by atoms with Gasteiger partial charge in [-0.25, -0.2) is 4.98 Å². The van der Waals surface area contributed by atoms with Gasteiger partial charge in [0.2, 0.25) is 5.12 Å². The Bertz CT molecular complexity index is 293. The van der Waals surface area contributed by atoms with Crippen LogP contribution in [0.5, 0.6) is 0 Å². The smallest absolute Gasteiger partial charge is 0.236 e. The third-order valence-corrected chi connectivity index (χ3v) is 1.93. The van der Waals surface area contributed by atoms with E-state index in [2.05, 4.69) is 22.6 Å². The number of hydrogen-bond acceptors (Lipinski definition) is 2. The van der Waals surface area contributed by atoms with Crippen LogP contribution in [0.2, 0.25) is 0 Å². The van der Waals surface area contributed by atoms with Crippen molar-refractivity contribution in [3.63, 3.8) is 0 Å². The van der Waals surface area contributed by atoms with Gasteiger partial charge in [-0.3, -0.25) is 4.79 Å². The van der Waals surface area contributed by atoms with Crippen LogP contribution >= 0.6 is 12.6 Å². The molecule has 0 aliphatic heterocycles. The summed E-state index contributed by atoms with van der Waals surface area (Å²) in [5, 5.41) is -0.261. The summed E-state index contributed by atoms with van der Waals surface area (Å²) in [4.78, 5) is 18.1. The van der Waals surface area contributed by atoms with Gasteiger partial charge >= 0.3 is 0 Å². The largest absolute Gasteiger partial charge is 0.345 e. The van der Waals surface area contributed by atoms with Crippen LogP contribution in [0, 0.1) is 0 Å². The molecule has 12 heavy (non-hydrogen) atoms. The number of carbonyl (C=O) groups excluding carboxylic acids is 1. The van der Waals surface area contributed by atoms with E-state index in [0.29, 0.717) is 5.69 Å². The normalized spacial score (nSPS) is 10.2. The first-order valence-corrected chi connectivity index (χ1v) is 4.44. The number of nitrogens with one attached hydrogen (secondary N) is 1. The summed E-state index contributed by atoms with van der Waals surface area (Å²) in [6.45, 7) is 3.97. The molecule has 4 heteroatoms. The van der Waals surface area contributed by atoms with Gasteiger partial charge in [-0.1, -0.05) is 26.5 Å². The van der Waals surface area contributed by atoms with Crippen molar-refractivity contribution in [2.24, 2.45) is 0 Å². The fourth-order valence-electron chi connectivity index (χ4n) is 1.06. The molecule has 0 spiro atoms. The summed E-state index contributed by atoms with van der Waals surface area (Å²) in [6, 6.07) is 0. The number of rotatable bonds is 3. The van der Waals surface area contributed by atoms with Crippen LogP contribution in [0.15, 0.2) is 0 Å². The number of imidazole rings is 1. The van der Waals surface area contributed by atoms with Crippen LogP contribution in [0.4, 0.5) is 0 Å². The number of carbonyl (C=O) groups is 1. The first kappa shape index (κ1) is 9.32. The van der Waals surface area contributed by atoms with Crippen molar-refractivity contribution in [3.8, 4) is 0 Å². The second kappa shape index (κ2) is 3.76. The molecule has 0 unspecified atom stereocenters. The number of aryl methyl sites for hydroxylation is 2. The van der Waals surface area contributed by atoms with E-state index < -0.39 is 0 Å². The van der Waals surface area contributed by atoms with Gasteiger partial charge in [0.25, 0.3) is 0 Å². The van der Waals surface area contributed by atoms with Crippen molar-refractivity contribution in [1.82, 2.24) is 9.97 Å². The monoisotopic (exact) mass is 184 g/mol. The summed E-state index contributed by atoms with van der Waals surface area (Å²) in [6.07, 6.45) is 1.60. The van der Waals surface area contributed by atoms with E-state index in [0.717, 1.165) is 24.4 Å². The highest BCUT2D eigenvalue weighted by Crippen LogP contribution is 2.09. The van der Waals surface area contributed by atoms with Gasteiger partial charge in [-0.05, 0) is 6.42 Å². The molecule has 1 heterocycles. The minimum absolute atomic E-state index is 0.261. The average Bonchev–Trinajstić information content (AvgIpc) is 2.47. The van der Waals surface area contributed by atoms with Crippen molar-refractivity contribution < 1.29 is 4.79 Å². The van der Waals surface area contributed by atoms with Crippen molar-refractivity contribution in [1.29, 1.82) is 0 Å². The quantitative estimate of drug-likeness (QED) is 0.701. The van der Waals surface area contributed by atoms with Crippen LogP contribution in [0.1, 0.15) is 35.9 Å². The zero-order chi connectivity index (χ0) is 9.14. The summed E-state index contributed by atoms with van der Waals surface area (Å²) in [5.74, 6) is 0.851. The molecule has 0 radical (unpaired) electrons. The average molecular weight is 184 g/mol. The molecule has 3 nitrogen and oxygen atoms in total. The van der Waals surface area contributed by atoms with Crippen LogP contribution in [-0.2, 0) is 12.8 Å². The Kier molecular flexibility index (Phi) is 2.92. The first-order chi connectivity index (χ1) is 5.69. The Hall–Kier alpha value is -0.770. The van der Waals surface area contributed by atoms with Gasteiger partial charge < -0.3 is 4.98 Å². The van der Waals surface area contributed by atoms with E-state index in [1.54, 1.807) is 0 Å². The zero-order valence-corrected chi connectivity index (χ0v) is 8.11. The Morgan fingerprint density at radius 3 is 2.50 bits per heavy atom. The molecule has 0 saturated heterocycles. The van der Waals surface area contributed by atoms with Gasteiger partial charge in [0, 0.05) is 12.1 Å². The fourth-order valence-corrected chi connectivity index (χ4v) is 1.25.